The van der Waals surface area contributed by atoms with Crippen LogP contribution >= 0.6 is 11.8 Å². The minimum absolute atomic E-state index is 0.0448. The van der Waals surface area contributed by atoms with Gasteiger partial charge in [0.05, 0.1) is 17.0 Å². The van der Waals surface area contributed by atoms with Crippen LogP contribution in [0.1, 0.15) is 31.4 Å². The molecule has 2 aromatic heterocycles. The fourth-order valence-corrected chi connectivity index (χ4v) is 4.36. The molecule has 0 aliphatic heterocycles. The van der Waals surface area contributed by atoms with Gasteiger partial charge >= 0.3 is 0 Å². The highest BCUT2D eigenvalue weighted by molar-refractivity contribution is 7.98. The predicted octanol–water partition coefficient (Wildman–Crippen LogP) is 4.79. The molecule has 0 radical (unpaired) electrons. The lowest BCUT2D eigenvalue weighted by molar-refractivity contribution is 0.0748. The molecule has 0 saturated heterocycles. The Morgan fingerprint density at radius 1 is 1.13 bits per heavy atom. The summed E-state index contributed by atoms with van der Waals surface area (Å²) in [6, 6.07) is 15.9. The van der Waals surface area contributed by atoms with Crippen LogP contribution in [0.15, 0.2) is 65.1 Å². The van der Waals surface area contributed by atoms with Crippen LogP contribution < -0.4 is 5.56 Å². The quantitative estimate of drug-likeness (QED) is 0.280. The van der Waals surface area contributed by atoms with E-state index >= 15 is 0 Å². The van der Waals surface area contributed by atoms with Crippen LogP contribution in [0.3, 0.4) is 0 Å². The molecular formula is C24H26N4O2S. The zero-order valence-corrected chi connectivity index (χ0v) is 18.6. The number of thioether (sulfide) groups is 1. The van der Waals surface area contributed by atoms with Gasteiger partial charge in [-0.05, 0) is 43.5 Å². The van der Waals surface area contributed by atoms with Gasteiger partial charge < -0.3 is 4.74 Å². The topological polar surface area (TPSA) is 61.4 Å². The monoisotopic (exact) mass is 434 g/mol. The van der Waals surface area contributed by atoms with E-state index < -0.39 is 0 Å². The first kappa shape index (κ1) is 21.3. The number of fused-ring (bicyclic) bond motifs is 3. The number of aromatic nitrogens is 4. The van der Waals surface area contributed by atoms with E-state index in [1.54, 1.807) is 16.3 Å². The average Bonchev–Trinajstić information content (AvgIpc) is 3.21. The van der Waals surface area contributed by atoms with Gasteiger partial charge in [-0.3, -0.25) is 13.8 Å². The molecule has 4 rings (SSSR count). The third-order valence-electron chi connectivity index (χ3n) is 5.04. The molecule has 7 heteroatoms. The zero-order chi connectivity index (χ0) is 21.8. The summed E-state index contributed by atoms with van der Waals surface area (Å²) in [7, 11) is 0. The Balaban J connectivity index is 1.68. The lowest BCUT2D eigenvalue weighted by Gasteiger charge is -2.12. The molecule has 0 amide bonds. The molecule has 0 fully saturated rings. The van der Waals surface area contributed by atoms with Crippen molar-refractivity contribution in [2.45, 2.75) is 43.8 Å². The molecule has 0 spiro atoms. The molecule has 0 aliphatic rings. The summed E-state index contributed by atoms with van der Waals surface area (Å²) in [4.78, 5) is 13.1. The van der Waals surface area contributed by atoms with Gasteiger partial charge in [0.2, 0.25) is 5.78 Å². The van der Waals surface area contributed by atoms with Crippen LogP contribution in [0.25, 0.3) is 22.8 Å². The van der Waals surface area contributed by atoms with Crippen LogP contribution in [0.2, 0.25) is 0 Å². The van der Waals surface area contributed by atoms with E-state index in [0.29, 0.717) is 24.3 Å². The normalized spacial score (nSPS) is 11.6. The van der Waals surface area contributed by atoms with Crippen molar-refractivity contribution < 1.29 is 4.74 Å². The maximum absolute atomic E-state index is 13.1. The molecule has 0 atom stereocenters. The van der Waals surface area contributed by atoms with Gasteiger partial charge in [-0.1, -0.05) is 60.8 Å². The summed E-state index contributed by atoms with van der Waals surface area (Å²) in [5.74, 6) is 1.33. The van der Waals surface area contributed by atoms with Crippen LogP contribution in [0.5, 0.6) is 0 Å². The third kappa shape index (κ3) is 4.57. The number of nitrogens with zero attached hydrogens (tertiary/aromatic N) is 4. The highest BCUT2D eigenvalue weighted by Gasteiger charge is 2.16. The number of para-hydroxylation sites is 1. The molecule has 0 N–H and O–H groups in total. The first-order valence-electron chi connectivity index (χ1n) is 10.4. The predicted molar refractivity (Wildman–Crippen MR) is 127 cm³/mol. The van der Waals surface area contributed by atoms with E-state index in [2.05, 4.69) is 41.0 Å². The lowest BCUT2D eigenvalue weighted by Crippen LogP contribution is -2.24. The average molecular weight is 435 g/mol. The zero-order valence-electron chi connectivity index (χ0n) is 17.8. The van der Waals surface area contributed by atoms with E-state index in [9.17, 15) is 4.79 Å². The molecule has 6 nitrogen and oxygen atoms in total. The lowest BCUT2D eigenvalue weighted by atomic mass is 10.1. The Hall–Kier alpha value is -2.90. The Kier molecular flexibility index (Phi) is 6.53. The second-order valence-electron chi connectivity index (χ2n) is 7.60. The molecule has 160 valence electrons. The SMILES string of the molecule is C=Cc1ccc(CSc2nnc3n(CCCOC(C)C)c(=O)c4ccccc4n23)cc1. The summed E-state index contributed by atoms with van der Waals surface area (Å²) >= 11 is 1.61. The molecule has 2 heterocycles. The van der Waals surface area contributed by atoms with E-state index in [4.69, 9.17) is 4.74 Å². The molecule has 4 aromatic rings. The maximum Gasteiger partial charge on any atom is 0.262 e. The highest BCUT2D eigenvalue weighted by atomic mass is 32.2. The minimum Gasteiger partial charge on any atom is -0.379 e. The number of ether oxygens (including phenoxy) is 1. The van der Waals surface area contributed by atoms with Crippen molar-refractivity contribution in [1.82, 2.24) is 19.2 Å². The molecule has 0 bridgehead atoms. The maximum atomic E-state index is 13.1. The van der Waals surface area contributed by atoms with Gasteiger partial charge in [-0.25, -0.2) is 0 Å². The van der Waals surface area contributed by atoms with Crippen LogP contribution in [-0.4, -0.2) is 31.9 Å². The van der Waals surface area contributed by atoms with Gasteiger partial charge in [0.25, 0.3) is 5.56 Å². The number of hydrogen-bond donors (Lipinski definition) is 0. The largest absolute Gasteiger partial charge is 0.379 e. The van der Waals surface area contributed by atoms with Crippen molar-refractivity contribution in [1.29, 1.82) is 0 Å². The van der Waals surface area contributed by atoms with Gasteiger partial charge in [0.15, 0.2) is 5.16 Å². The Morgan fingerprint density at radius 2 is 1.90 bits per heavy atom. The molecule has 0 unspecified atom stereocenters. The molecule has 2 aromatic carbocycles. The van der Waals surface area contributed by atoms with Crippen molar-refractivity contribution in [2.75, 3.05) is 6.61 Å². The smallest absolute Gasteiger partial charge is 0.262 e. The van der Waals surface area contributed by atoms with Crippen molar-refractivity contribution in [2.24, 2.45) is 0 Å². The Morgan fingerprint density at radius 3 is 2.65 bits per heavy atom. The molecular weight excluding hydrogens is 408 g/mol. The molecule has 0 aliphatic carbocycles. The fraction of sp³-hybridized carbons (Fsp3) is 0.292. The van der Waals surface area contributed by atoms with Gasteiger partial charge in [0, 0.05) is 18.9 Å². The van der Waals surface area contributed by atoms with Crippen molar-refractivity contribution in [3.63, 3.8) is 0 Å². The van der Waals surface area contributed by atoms with E-state index in [1.165, 1.54) is 5.56 Å². The second kappa shape index (κ2) is 9.49. The van der Waals surface area contributed by atoms with E-state index in [0.717, 1.165) is 28.4 Å². The Labute approximate surface area is 185 Å². The number of hydrogen-bond acceptors (Lipinski definition) is 5. The summed E-state index contributed by atoms with van der Waals surface area (Å²) in [5.41, 5.74) is 3.07. The van der Waals surface area contributed by atoms with Gasteiger partial charge in [0.1, 0.15) is 0 Å². The summed E-state index contributed by atoms with van der Waals surface area (Å²) < 4.78 is 9.34. The van der Waals surface area contributed by atoms with Crippen molar-refractivity contribution in [3.05, 3.63) is 76.6 Å². The molecule has 0 saturated carbocycles. The summed E-state index contributed by atoms with van der Waals surface area (Å²) in [6.45, 7) is 8.94. The van der Waals surface area contributed by atoms with Gasteiger partial charge in [-0.15, -0.1) is 10.2 Å². The number of benzene rings is 2. The fourth-order valence-electron chi connectivity index (χ4n) is 3.47. The van der Waals surface area contributed by atoms with E-state index in [-0.39, 0.29) is 11.7 Å². The first-order valence-corrected chi connectivity index (χ1v) is 11.4. The van der Waals surface area contributed by atoms with Crippen LogP contribution in [0.4, 0.5) is 0 Å². The highest BCUT2D eigenvalue weighted by Crippen LogP contribution is 2.25. The van der Waals surface area contributed by atoms with Gasteiger partial charge in [-0.2, -0.15) is 0 Å². The van der Waals surface area contributed by atoms with Crippen LogP contribution in [0, 0.1) is 0 Å². The summed E-state index contributed by atoms with van der Waals surface area (Å²) in [6.07, 6.45) is 2.74. The number of rotatable bonds is 9. The standard InChI is InChI=1S/C24H26N4O2S/c1-4-18-10-12-19(13-11-18)16-31-24-26-25-23-27(14-7-15-30-17(2)3)22(29)20-8-5-6-9-21(20)28(23)24/h4-6,8-13,17H,1,7,14-16H2,2-3H3. The van der Waals surface area contributed by atoms with Crippen molar-refractivity contribution >= 4 is 34.5 Å². The first-order chi connectivity index (χ1) is 15.1. The summed E-state index contributed by atoms with van der Waals surface area (Å²) in [5, 5.41) is 10.2. The molecule has 31 heavy (non-hydrogen) atoms. The van der Waals surface area contributed by atoms with Crippen LogP contribution in [-0.2, 0) is 17.0 Å². The van der Waals surface area contributed by atoms with E-state index in [1.807, 2.05) is 48.6 Å². The Bertz CT molecular complexity index is 1260. The minimum atomic E-state index is -0.0448. The second-order valence-corrected chi connectivity index (χ2v) is 8.54. The third-order valence-corrected chi connectivity index (χ3v) is 6.04. The van der Waals surface area contributed by atoms with Crippen molar-refractivity contribution in [3.8, 4) is 0 Å². The number of aryl methyl sites for hydroxylation is 1.